The van der Waals surface area contributed by atoms with Crippen LogP contribution in [-0.4, -0.2) is 46.6 Å². The summed E-state index contributed by atoms with van der Waals surface area (Å²) in [5.74, 6) is 0.117. The molecule has 3 aromatic heterocycles. The molecule has 3 aromatic rings. The number of carboxylic acids is 1. The Hall–Kier alpha value is -2.90. The number of aromatic carboxylic acids is 1. The van der Waals surface area contributed by atoms with Crippen molar-refractivity contribution < 1.29 is 9.90 Å². The first-order chi connectivity index (χ1) is 14.5. The van der Waals surface area contributed by atoms with Gasteiger partial charge in [0.1, 0.15) is 11.4 Å². The molecule has 1 aliphatic heterocycles. The zero-order valence-corrected chi connectivity index (χ0v) is 18.1. The zero-order chi connectivity index (χ0) is 20.8. The fourth-order valence-electron chi connectivity index (χ4n) is 4.39. The van der Waals surface area contributed by atoms with E-state index in [-0.39, 0.29) is 18.0 Å². The molecule has 1 saturated carbocycles. The predicted octanol–water partition coefficient (Wildman–Crippen LogP) is 3.08. The summed E-state index contributed by atoms with van der Waals surface area (Å²) in [4.78, 5) is 31.3. The van der Waals surface area contributed by atoms with Gasteiger partial charge in [0.15, 0.2) is 0 Å². The molecule has 31 heavy (non-hydrogen) atoms. The summed E-state index contributed by atoms with van der Waals surface area (Å²) in [6, 6.07) is 7.59. The molecule has 0 atom stereocenters. The van der Waals surface area contributed by atoms with Crippen molar-refractivity contribution in [3.05, 3.63) is 63.7 Å². The van der Waals surface area contributed by atoms with Gasteiger partial charge in [-0.3, -0.25) is 9.20 Å². The first kappa shape index (κ1) is 21.3. The number of rotatable bonds is 4. The van der Waals surface area contributed by atoms with Crippen LogP contribution >= 0.6 is 12.4 Å². The van der Waals surface area contributed by atoms with Crippen molar-refractivity contribution in [2.75, 3.05) is 31.1 Å². The third kappa shape index (κ3) is 3.79. The normalized spacial score (nSPS) is 16.2. The quantitative estimate of drug-likeness (QED) is 0.648. The summed E-state index contributed by atoms with van der Waals surface area (Å²) < 4.78 is 1.50. The Morgan fingerprint density at radius 2 is 1.94 bits per heavy atom. The monoisotopic (exact) mass is 440 g/mol. The zero-order valence-electron chi connectivity index (χ0n) is 17.3. The molecule has 0 aromatic carbocycles. The van der Waals surface area contributed by atoms with E-state index in [1.807, 2.05) is 25.3 Å². The van der Waals surface area contributed by atoms with E-state index in [1.165, 1.54) is 4.40 Å². The Balaban J connectivity index is 0.00000231. The molecular weight excluding hydrogens is 416 g/mol. The van der Waals surface area contributed by atoms with Crippen molar-refractivity contribution in [3.63, 3.8) is 0 Å². The van der Waals surface area contributed by atoms with Gasteiger partial charge in [0.2, 0.25) is 0 Å². The number of nitrogens with zero attached hydrogens (tertiary/aromatic N) is 3. The van der Waals surface area contributed by atoms with Gasteiger partial charge in [0.05, 0.1) is 5.52 Å². The van der Waals surface area contributed by atoms with Gasteiger partial charge in [-0.1, -0.05) is 0 Å². The van der Waals surface area contributed by atoms with Crippen molar-refractivity contribution in [1.29, 1.82) is 0 Å². The molecule has 0 amide bonds. The summed E-state index contributed by atoms with van der Waals surface area (Å²) in [7, 11) is 0. The van der Waals surface area contributed by atoms with Crippen LogP contribution in [0.1, 0.15) is 40.2 Å². The van der Waals surface area contributed by atoms with E-state index in [0.29, 0.717) is 5.92 Å². The molecule has 2 aliphatic rings. The minimum Gasteiger partial charge on any atom is -0.477 e. The van der Waals surface area contributed by atoms with Gasteiger partial charge in [0, 0.05) is 44.1 Å². The smallest absolute Gasteiger partial charge is 0.341 e. The molecule has 2 fully saturated rings. The maximum Gasteiger partial charge on any atom is 0.341 e. The minimum atomic E-state index is -1.18. The second-order valence-corrected chi connectivity index (χ2v) is 8.11. The lowest BCUT2D eigenvalue weighted by Gasteiger charge is -2.28. The maximum absolute atomic E-state index is 12.7. The Morgan fingerprint density at radius 1 is 1.19 bits per heavy atom. The van der Waals surface area contributed by atoms with Crippen LogP contribution in [0.15, 0.2) is 41.5 Å². The summed E-state index contributed by atoms with van der Waals surface area (Å²) in [5, 5.41) is 12.8. The van der Waals surface area contributed by atoms with Gasteiger partial charge in [-0.15, -0.1) is 12.4 Å². The number of nitrogens with one attached hydrogen (secondary N) is 1. The molecular formula is C23H25ClN4O3. The number of aryl methyl sites for hydroxylation is 1. The number of piperazine rings is 1. The number of fused-ring (bicyclic) bond motifs is 1. The van der Waals surface area contributed by atoms with E-state index in [0.717, 1.165) is 72.6 Å². The number of anilines is 1. The molecule has 0 bridgehead atoms. The Labute approximate surface area is 186 Å². The van der Waals surface area contributed by atoms with Crippen molar-refractivity contribution in [3.8, 4) is 11.1 Å². The highest BCUT2D eigenvalue weighted by Gasteiger charge is 2.29. The molecule has 162 valence electrons. The third-order valence-corrected chi connectivity index (χ3v) is 6.16. The number of carboxylic acid groups (broad SMARTS) is 1. The molecule has 5 rings (SSSR count). The summed E-state index contributed by atoms with van der Waals surface area (Å²) in [6.07, 6.45) is 5.63. The molecule has 0 spiro atoms. The lowest BCUT2D eigenvalue weighted by atomic mass is 9.97. The SMILES string of the molecule is Cc1c(-c2ccc(N3CCNCC3)nc2)ccn2c(=O)c(C(=O)O)cc(C3CC3)c12.Cl. The number of hydrogen-bond acceptors (Lipinski definition) is 5. The van der Waals surface area contributed by atoms with E-state index in [9.17, 15) is 14.7 Å². The Morgan fingerprint density at radius 3 is 2.55 bits per heavy atom. The molecule has 1 saturated heterocycles. The Bertz CT molecular complexity index is 1200. The molecule has 2 N–H and O–H groups in total. The van der Waals surface area contributed by atoms with Crippen LogP contribution in [0.4, 0.5) is 5.82 Å². The van der Waals surface area contributed by atoms with Gasteiger partial charge >= 0.3 is 5.97 Å². The van der Waals surface area contributed by atoms with Crippen LogP contribution in [0.3, 0.4) is 0 Å². The number of aromatic nitrogens is 2. The molecule has 0 radical (unpaired) electrons. The number of hydrogen-bond donors (Lipinski definition) is 2. The van der Waals surface area contributed by atoms with E-state index >= 15 is 0 Å². The summed E-state index contributed by atoms with van der Waals surface area (Å²) >= 11 is 0. The fraction of sp³-hybridized carbons (Fsp3) is 0.348. The van der Waals surface area contributed by atoms with Crippen molar-refractivity contribution in [2.45, 2.75) is 25.7 Å². The number of halogens is 1. The fourth-order valence-corrected chi connectivity index (χ4v) is 4.39. The molecule has 7 nitrogen and oxygen atoms in total. The molecule has 8 heteroatoms. The number of pyridine rings is 3. The van der Waals surface area contributed by atoms with Gasteiger partial charge in [-0.05, 0) is 66.6 Å². The lowest BCUT2D eigenvalue weighted by molar-refractivity contribution is 0.0694. The van der Waals surface area contributed by atoms with Crippen molar-refractivity contribution in [2.24, 2.45) is 0 Å². The first-order valence-corrected chi connectivity index (χ1v) is 10.4. The summed E-state index contributed by atoms with van der Waals surface area (Å²) in [5.41, 5.74) is 4.12. The summed E-state index contributed by atoms with van der Waals surface area (Å²) in [6.45, 7) is 5.82. The highest BCUT2D eigenvalue weighted by molar-refractivity contribution is 5.89. The van der Waals surface area contributed by atoms with Crippen LogP contribution in [0.2, 0.25) is 0 Å². The second-order valence-electron chi connectivity index (χ2n) is 8.11. The van der Waals surface area contributed by atoms with Crippen molar-refractivity contribution >= 4 is 29.7 Å². The number of carbonyl (C=O) groups is 1. The van der Waals surface area contributed by atoms with E-state index in [1.54, 1.807) is 12.3 Å². The maximum atomic E-state index is 12.7. The van der Waals surface area contributed by atoms with Gasteiger partial charge in [-0.25, -0.2) is 9.78 Å². The van der Waals surface area contributed by atoms with Crippen LogP contribution in [0.25, 0.3) is 16.6 Å². The lowest BCUT2D eigenvalue weighted by Crippen LogP contribution is -2.43. The van der Waals surface area contributed by atoms with Crippen LogP contribution in [-0.2, 0) is 0 Å². The van der Waals surface area contributed by atoms with Crippen LogP contribution in [0, 0.1) is 6.92 Å². The van der Waals surface area contributed by atoms with Crippen molar-refractivity contribution in [1.82, 2.24) is 14.7 Å². The van der Waals surface area contributed by atoms with E-state index in [4.69, 9.17) is 0 Å². The Kier molecular flexibility index (Phi) is 5.73. The minimum absolute atomic E-state index is 0. The predicted molar refractivity (Wildman–Crippen MR) is 123 cm³/mol. The van der Waals surface area contributed by atoms with Gasteiger partial charge < -0.3 is 15.3 Å². The van der Waals surface area contributed by atoms with Gasteiger partial charge in [-0.2, -0.15) is 0 Å². The van der Waals surface area contributed by atoms with E-state index < -0.39 is 11.5 Å². The van der Waals surface area contributed by atoms with E-state index in [2.05, 4.69) is 21.3 Å². The highest BCUT2D eigenvalue weighted by Crippen LogP contribution is 2.43. The second kappa shape index (κ2) is 8.32. The third-order valence-electron chi connectivity index (χ3n) is 6.16. The first-order valence-electron chi connectivity index (χ1n) is 10.4. The van der Waals surface area contributed by atoms with Gasteiger partial charge in [0.25, 0.3) is 5.56 Å². The molecule has 4 heterocycles. The molecule has 0 unspecified atom stereocenters. The standard InChI is InChI=1S/C23H24N4O3.ClH/c1-14-17(16-4-5-20(25-13-16)26-10-7-24-8-11-26)6-9-27-21(14)18(15-2-3-15)12-19(22(27)28)23(29)30;/h4-6,9,12-13,15,24H,2-3,7-8,10-11H2,1H3,(H,29,30);1H. The average Bonchev–Trinajstić information content (AvgIpc) is 3.60. The highest BCUT2D eigenvalue weighted by atomic mass is 35.5. The average molecular weight is 441 g/mol. The van der Waals surface area contributed by atoms with Crippen LogP contribution < -0.4 is 15.8 Å². The topological polar surface area (TPSA) is 86.9 Å². The molecule has 1 aliphatic carbocycles. The van der Waals surface area contributed by atoms with Crippen LogP contribution in [0.5, 0.6) is 0 Å². The largest absolute Gasteiger partial charge is 0.477 e.